The van der Waals surface area contributed by atoms with E-state index in [1.54, 1.807) is 17.4 Å². The van der Waals surface area contributed by atoms with Gasteiger partial charge >= 0.3 is 0 Å². The van der Waals surface area contributed by atoms with Gasteiger partial charge in [0.25, 0.3) is 5.91 Å². The van der Waals surface area contributed by atoms with E-state index < -0.39 is 0 Å². The second-order valence-electron chi connectivity index (χ2n) is 8.85. The van der Waals surface area contributed by atoms with Crippen LogP contribution < -0.4 is 15.4 Å². The summed E-state index contributed by atoms with van der Waals surface area (Å²) in [6.07, 6.45) is 2.79. The van der Waals surface area contributed by atoms with Crippen LogP contribution in [0, 0.1) is 14.9 Å². The van der Waals surface area contributed by atoms with E-state index in [0.29, 0.717) is 21.8 Å². The number of anilines is 1. The minimum absolute atomic E-state index is 0.0171. The van der Waals surface area contributed by atoms with Gasteiger partial charge in [-0.2, -0.15) is 0 Å². The Morgan fingerprint density at radius 3 is 2.76 bits per heavy atom. The van der Waals surface area contributed by atoms with Gasteiger partial charge in [0.1, 0.15) is 11.2 Å². The van der Waals surface area contributed by atoms with Crippen LogP contribution in [0.2, 0.25) is 0 Å². The molecule has 1 aliphatic heterocycles. The van der Waals surface area contributed by atoms with E-state index in [1.165, 1.54) is 10.4 Å². The van der Waals surface area contributed by atoms with Crippen LogP contribution in [0.25, 0.3) is 0 Å². The molecule has 1 aromatic heterocycles. The van der Waals surface area contributed by atoms with Gasteiger partial charge in [-0.1, -0.05) is 20.8 Å². The standard InChI is InChI=1S/C22H27IN2O3S/c1-5-28-15-9-11(8-14(23)18(15)26)19-24-20(27)17-13-7-6-12(22(2,3)4)10-16(13)29-21(17)25-19/h8-9,12,19,25-26H,5-7,10H2,1-4H3,(H,24,27)/t12-,19-/m1/s1. The summed E-state index contributed by atoms with van der Waals surface area (Å²) in [6.45, 7) is 9.26. The number of phenols is 1. The first-order chi connectivity index (χ1) is 13.7. The highest BCUT2D eigenvalue weighted by Crippen LogP contribution is 2.46. The van der Waals surface area contributed by atoms with Crippen LogP contribution in [0.15, 0.2) is 12.1 Å². The quantitative estimate of drug-likeness (QED) is 0.465. The highest BCUT2D eigenvalue weighted by molar-refractivity contribution is 14.1. The molecule has 2 heterocycles. The monoisotopic (exact) mass is 526 g/mol. The topological polar surface area (TPSA) is 70.6 Å². The average Bonchev–Trinajstić information content (AvgIpc) is 3.02. The summed E-state index contributed by atoms with van der Waals surface area (Å²) in [5.74, 6) is 1.20. The summed E-state index contributed by atoms with van der Waals surface area (Å²) in [6, 6.07) is 3.68. The zero-order chi connectivity index (χ0) is 20.9. The molecule has 0 unspecified atom stereocenters. The number of hydrogen-bond acceptors (Lipinski definition) is 5. The predicted octanol–water partition coefficient (Wildman–Crippen LogP) is 5.46. The number of thiophene rings is 1. The molecule has 1 amide bonds. The van der Waals surface area contributed by atoms with Crippen molar-refractivity contribution in [3.63, 3.8) is 0 Å². The Bertz CT molecular complexity index is 964. The van der Waals surface area contributed by atoms with Gasteiger partial charge in [-0.05, 0) is 83.4 Å². The van der Waals surface area contributed by atoms with Crippen molar-refractivity contribution in [2.24, 2.45) is 11.3 Å². The van der Waals surface area contributed by atoms with Crippen molar-refractivity contribution in [3.05, 3.63) is 37.3 Å². The molecule has 1 aromatic carbocycles. The molecule has 2 atom stereocenters. The first-order valence-corrected chi connectivity index (χ1v) is 12.0. The van der Waals surface area contributed by atoms with Crippen molar-refractivity contribution < 1.29 is 14.6 Å². The molecule has 5 nitrogen and oxygen atoms in total. The lowest BCUT2D eigenvalue weighted by molar-refractivity contribution is 0.0934. The average molecular weight is 526 g/mol. The smallest absolute Gasteiger partial charge is 0.256 e. The Morgan fingerprint density at radius 2 is 2.07 bits per heavy atom. The van der Waals surface area contributed by atoms with Gasteiger partial charge in [-0.25, -0.2) is 0 Å². The normalized spacial score (nSPS) is 21.1. The fraction of sp³-hybridized carbons (Fsp3) is 0.500. The number of ether oxygens (including phenoxy) is 1. The third kappa shape index (κ3) is 3.83. The summed E-state index contributed by atoms with van der Waals surface area (Å²) < 4.78 is 6.26. The summed E-state index contributed by atoms with van der Waals surface area (Å²) >= 11 is 3.82. The minimum atomic E-state index is -0.346. The first-order valence-electron chi connectivity index (χ1n) is 10.1. The van der Waals surface area contributed by atoms with Gasteiger partial charge in [0.05, 0.1) is 15.7 Å². The number of halogens is 1. The van der Waals surface area contributed by atoms with Crippen LogP contribution in [-0.2, 0) is 12.8 Å². The van der Waals surface area contributed by atoms with Gasteiger partial charge < -0.3 is 20.5 Å². The van der Waals surface area contributed by atoms with Crippen LogP contribution in [0.1, 0.15) is 66.6 Å². The summed E-state index contributed by atoms with van der Waals surface area (Å²) in [5.41, 5.74) is 3.20. The Kier molecular flexibility index (Phi) is 5.48. The summed E-state index contributed by atoms with van der Waals surface area (Å²) in [5, 5.41) is 17.8. The third-order valence-electron chi connectivity index (χ3n) is 5.95. The van der Waals surface area contributed by atoms with Gasteiger partial charge in [-0.15, -0.1) is 11.3 Å². The Labute approximate surface area is 189 Å². The number of rotatable bonds is 3. The van der Waals surface area contributed by atoms with Gasteiger partial charge in [-0.3, -0.25) is 4.79 Å². The summed E-state index contributed by atoms with van der Waals surface area (Å²) in [7, 11) is 0. The highest BCUT2D eigenvalue weighted by atomic mass is 127. The maximum atomic E-state index is 13.0. The zero-order valence-electron chi connectivity index (χ0n) is 17.2. The van der Waals surface area contributed by atoms with E-state index in [2.05, 4.69) is 54.0 Å². The third-order valence-corrected chi connectivity index (χ3v) is 7.96. The van der Waals surface area contributed by atoms with E-state index in [4.69, 9.17) is 4.74 Å². The molecule has 7 heteroatoms. The number of hydrogen-bond donors (Lipinski definition) is 3. The van der Waals surface area contributed by atoms with Gasteiger partial charge in [0.2, 0.25) is 0 Å². The number of carbonyl (C=O) groups is 1. The fourth-order valence-corrected chi connectivity index (χ4v) is 6.21. The molecule has 1 aliphatic carbocycles. The number of amides is 1. The molecule has 2 aromatic rings. The van der Waals surface area contributed by atoms with Gasteiger partial charge in [0.15, 0.2) is 11.5 Å². The molecule has 29 heavy (non-hydrogen) atoms. The fourth-order valence-electron chi connectivity index (χ4n) is 4.23. The van der Waals surface area contributed by atoms with E-state index in [-0.39, 0.29) is 23.2 Å². The van der Waals surface area contributed by atoms with E-state index >= 15 is 0 Å². The Hall–Kier alpha value is -1.48. The molecule has 4 rings (SSSR count). The lowest BCUT2D eigenvalue weighted by Crippen LogP contribution is -2.38. The van der Waals surface area contributed by atoms with Crippen molar-refractivity contribution in [1.82, 2.24) is 5.32 Å². The second-order valence-corrected chi connectivity index (χ2v) is 11.1. The number of phenolic OH excluding ortho intramolecular Hbond substituents is 1. The molecule has 3 N–H and O–H groups in total. The molecule has 156 valence electrons. The maximum Gasteiger partial charge on any atom is 0.256 e. The summed E-state index contributed by atoms with van der Waals surface area (Å²) in [4.78, 5) is 14.4. The number of carbonyl (C=O) groups excluding carboxylic acids is 1. The zero-order valence-corrected chi connectivity index (χ0v) is 20.2. The SMILES string of the molecule is CCOc1cc([C@@H]2NC(=O)c3c(sc4c3CC[C@@H](C(C)(C)C)C4)N2)cc(I)c1O. The molecule has 0 radical (unpaired) electrons. The molecule has 0 saturated carbocycles. The van der Waals surface area contributed by atoms with Crippen molar-refractivity contribution in [1.29, 1.82) is 0 Å². The number of benzene rings is 1. The highest BCUT2D eigenvalue weighted by Gasteiger charge is 2.36. The van der Waals surface area contributed by atoms with Crippen molar-refractivity contribution in [2.75, 3.05) is 11.9 Å². The molecular weight excluding hydrogens is 499 g/mol. The number of fused-ring (bicyclic) bond motifs is 3. The minimum Gasteiger partial charge on any atom is -0.504 e. The lowest BCUT2D eigenvalue weighted by atomic mass is 9.72. The van der Waals surface area contributed by atoms with E-state index in [1.807, 2.05) is 13.0 Å². The Balaban J connectivity index is 1.65. The maximum absolute atomic E-state index is 13.0. The lowest BCUT2D eigenvalue weighted by Gasteiger charge is -2.34. The molecule has 0 spiro atoms. The number of aromatic hydroxyl groups is 1. The Morgan fingerprint density at radius 1 is 1.31 bits per heavy atom. The van der Waals surface area contributed by atoms with E-state index in [9.17, 15) is 9.90 Å². The largest absolute Gasteiger partial charge is 0.504 e. The van der Waals surface area contributed by atoms with Crippen LogP contribution in [0.5, 0.6) is 11.5 Å². The molecule has 0 fully saturated rings. The molecule has 0 bridgehead atoms. The van der Waals surface area contributed by atoms with Crippen LogP contribution in [0.3, 0.4) is 0 Å². The van der Waals surface area contributed by atoms with Gasteiger partial charge in [0, 0.05) is 4.88 Å². The van der Waals surface area contributed by atoms with Crippen LogP contribution in [0.4, 0.5) is 5.00 Å². The van der Waals surface area contributed by atoms with Crippen molar-refractivity contribution >= 4 is 44.8 Å². The van der Waals surface area contributed by atoms with Crippen molar-refractivity contribution in [3.8, 4) is 11.5 Å². The second kappa shape index (κ2) is 7.65. The molecular formula is C22H27IN2O3S. The van der Waals surface area contributed by atoms with Crippen molar-refractivity contribution in [2.45, 2.75) is 53.1 Å². The molecule has 0 saturated heterocycles. The predicted molar refractivity (Wildman–Crippen MR) is 125 cm³/mol. The van der Waals surface area contributed by atoms with Crippen LogP contribution >= 0.6 is 33.9 Å². The number of nitrogens with one attached hydrogen (secondary N) is 2. The van der Waals surface area contributed by atoms with Crippen LogP contribution in [-0.4, -0.2) is 17.6 Å². The first kappa shape index (κ1) is 20.8. The van der Waals surface area contributed by atoms with E-state index in [0.717, 1.165) is 35.4 Å². The molecule has 2 aliphatic rings.